The Morgan fingerprint density at radius 2 is 2.04 bits per heavy atom. The maximum absolute atomic E-state index is 12.5. The van der Waals surface area contributed by atoms with Gasteiger partial charge in [0, 0.05) is 31.0 Å². The van der Waals surface area contributed by atoms with Crippen molar-refractivity contribution in [3.8, 4) is 0 Å². The Morgan fingerprint density at radius 3 is 2.65 bits per heavy atom. The third-order valence-electron chi connectivity index (χ3n) is 3.98. The number of nitrogens with one attached hydrogen (secondary N) is 1. The van der Waals surface area contributed by atoms with Crippen LogP contribution in [-0.2, 0) is 18.4 Å². The van der Waals surface area contributed by atoms with Gasteiger partial charge in [-0.25, -0.2) is 4.98 Å². The lowest BCUT2D eigenvalue weighted by Gasteiger charge is -2.22. The van der Waals surface area contributed by atoms with E-state index in [1.54, 1.807) is 30.5 Å². The number of rotatable bonds is 6. The van der Waals surface area contributed by atoms with Crippen LogP contribution in [0.2, 0.25) is 0 Å². The van der Waals surface area contributed by atoms with E-state index in [2.05, 4.69) is 10.3 Å². The van der Waals surface area contributed by atoms with Crippen LogP contribution in [0.1, 0.15) is 29.0 Å². The normalized spacial score (nSPS) is 13.6. The number of aromatic nitrogens is 2. The number of nitrogens with zero attached hydrogens (tertiary/aromatic N) is 3. The molecule has 1 heterocycles. The molecule has 6 nitrogen and oxygen atoms in total. The first kappa shape index (κ1) is 15.3. The summed E-state index contributed by atoms with van der Waals surface area (Å²) >= 11 is 0. The Kier molecular flexibility index (Phi) is 4.41. The van der Waals surface area contributed by atoms with E-state index in [4.69, 9.17) is 0 Å². The van der Waals surface area contributed by atoms with Crippen LogP contribution in [0.3, 0.4) is 0 Å². The van der Waals surface area contributed by atoms with Gasteiger partial charge in [0.1, 0.15) is 5.82 Å². The van der Waals surface area contributed by atoms with Crippen molar-refractivity contribution in [2.24, 2.45) is 7.05 Å². The van der Waals surface area contributed by atoms with E-state index in [1.807, 2.05) is 28.8 Å². The summed E-state index contributed by atoms with van der Waals surface area (Å²) in [7, 11) is 1.91. The molecule has 0 aliphatic heterocycles. The van der Waals surface area contributed by atoms with Gasteiger partial charge in [-0.05, 0) is 25.0 Å². The molecule has 1 aliphatic rings. The van der Waals surface area contributed by atoms with Crippen molar-refractivity contribution in [3.63, 3.8) is 0 Å². The summed E-state index contributed by atoms with van der Waals surface area (Å²) in [5, 5.41) is 2.70. The van der Waals surface area contributed by atoms with E-state index in [-0.39, 0.29) is 24.4 Å². The maximum Gasteiger partial charge on any atom is 0.251 e. The molecule has 1 saturated carbocycles. The Morgan fingerprint density at radius 1 is 1.30 bits per heavy atom. The van der Waals surface area contributed by atoms with Gasteiger partial charge in [-0.2, -0.15) is 0 Å². The van der Waals surface area contributed by atoms with Gasteiger partial charge in [0.25, 0.3) is 5.91 Å². The highest BCUT2D eigenvalue weighted by Crippen LogP contribution is 2.28. The van der Waals surface area contributed by atoms with E-state index < -0.39 is 0 Å². The number of benzene rings is 1. The molecule has 23 heavy (non-hydrogen) atoms. The van der Waals surface area contributed by atoms with Crippen LogP contribution in [0.15, 0.2) is 42.7 Å². The molecule has 1 aliphatic carbocycles. The van der Waals surface area contributed by atoms with E-state index in [0.717, 1.165) is 18.7 Å². The fourth-order valence-corrected chi connectivity index (χ4v) is 2.46. The van der Waals surface area contributed by atoms with Gasteiger partial charge in [-0.3, -0.25) is 9.59 Å². The van der Waals surface area contributed by atoms with Crippen LogP contribution in [-0.4, -0.2) is 38.9 Å². The average molecular weight is 312 g/mol. The highest BCUT2D eigenvalue weighted by molar-refractivity contribution is 5.96. The molecule has 120 valence electrons. The second kappa shape index (κ2) is 6.64. The standard InChI is InChI=1S/C17H20N4O2/c1-20-10-9-18-15(20)12-21(14-7-8-14)16(22)11-19-17(23)13-5-3-2-4-6-13/h2-6,9-10,14H,7-8,11-12H2,1H3,(H,19,23). The number of hydrogen-bond donors (Lipinski definition) is 1. The van der Waals surface area contributed by atoms with E-state index in [1.165, 1.54) is 0 Å². The first-order valence-corrected chi connectivity index (χ1v) is 7.74. The van der Waals surface area contributed by atoms with Crippen LogP contribution in [0.4, 0.5) is 0 Å². The zero-order valence-electron chi connectivity index (χ0n) is 13.1. The summed E-state index contributed by atoms with van der Waals surface area (Å²) in [4.78, 5) is 30.6. The molecule has 1 fully saturated rings. The summed E-state index contributed by atoms with van der Waals surface area (Å²) in [5.74, 6) is 0.547. The Balaban J connectivity index is 1.59. The quantitative estimate of drug-likeness (QED) is 0.875. The molecule has 2 amide bonds. The van der Waals surface area contributed by atoms with E-state index in [0.29, 0.717) is 12.1 Å². The zero-order chi connectivity index (χ0) is 16.2. The van der Waals surface area contributed by atoms with Gasteiger partial charge >= 0.3 is 0 Å². The van der Waals surface area contributed by atoms with Crippen LogP contribution >= 0.6 is 0 Å². The second-order valence-electron chi connectivity index (χ2n) is 5.76. The summed E-state index contributed by atoms with van der Waals surface area (Å²) in [6.45, 7) is 0.489. The highest BCUT2D eigenvalue weighted by atomic mass is 16.2. The molecule has 2 aromatic rings. The molecule has 1 aromatic heterocycles. The number of hydrogen-bond acceptors (Lipinski definition) is 3. The van der Waals surface area contributed by atoms with Crippen LogP contribution < -0.4 is 5.32 Å². The number of imidazole rings is 1. The Labute approximate surface area is 135 Å². The van der Waals surface area contributed by atoms with Crippen LogP contribution in [0.5, 0.6) is 0 Å². The molecule has 0 atom stereocenters. The predicted octanol–water partition coefficient (Wildman–Crippen LogP) is 1.34. The maximum atomic E-state index is 12.5. The molecule has 0 spiro atoms. The Hall–Kier alpha value is -2.63. The molecule has 1 aromatic carbocycles. The number of carbonyl (C=O) groups excluding carboxylic acids is 2. The first-order chi connectivity index (χ1) is 11.1. The molecule has 1 N–H and O–H groups in total. The Bertz CT molecular complexity index is 692. The summed E-state index contributed by atoms with van der Waals surface area (Å²) in [6, 6.07) is 9.18. The largest absolute Gasteiger partial charge is 0.343 e. The number of amides is 2. The van der Waals surface area contributed by atoms with Crippen molar-refractivity contribution in [2.75, 3.05) is 6.54 Å². The molecule has 0 bridgehead atoms. The minimum Gasteiger partial charge on any atom is -0.343 e. The zero-order valence-corrected chi connectivity index (χ0v) is 13.1. The minimum absolute atomic E-state index is 0.00858. The molecular formula is C17H20N4O2. The summed E-state index contributed by atoms with van der Waals surface area (Å²) in [5.41, 5.74) is 0.558. The second-order valence-corrected chi connectivity index (χ2v) is 5.76. The first-order valence-electron chi connectivity index (χ1n) is 7.74. The van der Waals surface area contributed by atoms with Gasteiger partial charge in [0.2, 0.25) is 5.91 Å². The molecule has 0 radical (unpaired) electrons. The molecule has 3 rings (SSSR count). The van der Waals surface area contributed by atoms with Crippen molar-refractivity contribution < 1.29 is 9.59 Å². The number of carbonyl (C=O) groups is 2. The van der Waals surface area contributed by atoms with Crippen LogP contribution in [0, 0.1) is 0 Å². The van der Waals surface area contributed by atoms with Gasteiger partial charge < -0.3 is 14.8 Å². The summed E-state index contributed by atoms with van der Waals surface area (Å²) in [6.07, 6.45) is 5.62. The van der Waals surface area contributed by atoms with Gasteiger partial charge in [-0.1, -0.05) is 18.2 Å². The van der Waals surface area contributed by atoms with Gasteiger partial charge in [0.15, 0.2) is 0 Å². The van der Waals surface area contributed by atoms with E-state index >= 15 is 0 Å². The fraction of sp³-hybridized carbons (Fsp3) is 0.353. The molecule has 0 unspecified atom stereocenters. The van der Waals surface area contributed by atoms with Crippen molar-refractivity contribution in [2.45, 2.75) is 25.4 Å². The van der Waals surface area contributed by atoms with Gasteiger partial charge in [0.05, 0.1) is 13.1 Å². The lowest BCUT2D eigenvalue weighted by Crippen LogP contribution is -2.41. The average Bonchev–Trinajstić information content (AvgIpc) is 3.33. The lowest BCUT2D eigenvalue weighted by atomic mass is 10.2. The minimum atomic E-state index is -0.230. The molecule has 0 saturated heterocycles. The third-order valence-corrected chi connectivity index (χ3v) is 3.98. The van der Waals surface area contributed by atoms with Gasteiger partial charge in [-0.15, -0.1) is 0 Å². The van der Waals surface area contributed by atoms with Crippen molar-refractivity contribution in [3.05, 3.63) is 54.1 Å². The van der Waals surface area contributed by atoms with E-state index in [9.17, 15) is 9.59 Å². The molecule has 6 heteroatoms. The molecular weight excluding hydrogens is 292 g/mol. The van der Waals surface area contributed by atoms with Crippen molar-refractivity contribution >= 4 is 11.8 Å². The fourth-order valence-electron chi connectivity index (χ4n) is 2.46. The van der Waals surface area contributed by atoms with Crippen molar-refractivity contribution in [1.29, 1.82) is 0 Å². The van der Waals surface area contributed by atoms with Crippen LogP contribution in [0.25, 0.3) is 0 Å². The number of aryl methyl sites for hydroxylation is 1. The predicted molar refractivity (Wildman–Crippen MR) is 85.6 cm³/mol. The SMILES string of the molecule is Cn1ccnc1CN(C(=O)CNC(=O)c1ccccc1)C1CC1. The smallest absolute Gasteiger partial charge is 0.251 e. The topological polar surface area (TPSA) is 67.2 Å². The third kappa shape index (κ3) is 3.77. The lowest BCUT2D eigenvalue weighted by molar-refractivity contribution is -0.131. The monoisotopic (exact) mass is 312 g/mol. The highest BCUT2D eigenvalue weighted by Gasteiger charge is 2.33. The van der Waals surface area contributed by atoms with Crippen molar-refractivity contribution in [1.82, 2.24) is 19.8 Å². The summed E-state index contributed by atoms with van der Waals surface area (Å²) < 4.78 is 1.91.